The molecule has 39 heavy (non-hydrogen) atoms. The van der Waals surface area contributed by atoms with Crippen molar-refractivity contribution in [2.24, 2.45) is 0 Å². The highest BCUT2D eigenvalue weighted by Crippen LogP contribution is 2.19. The molecule has 4 aromatic rings. The van der Waals surface area contributed by atoms with Crippen molar-refractivity contribution >= 4 is 31.9 Å². The van der Waals surface area contributed by atoms with Crippen molar-refractivity contribution in [1.29, 1.82) is 10.5 Å². The number of hydrogen-bond acceptors (Lipinski definition) is 6. The second-order valence-corrected chi connectivity index (χ2v) is 8.61. The molecular formula is C26H15Br2F5N4O2. The van der Waals surface area contributed by atoms with Crippen molar-refractivity contribution in [3.05, 3.63) is 121 Å². The lowest BCUT2D eigenvalue weighted by atomic mass is 10.1. The van der Waals surface area contributed by atoms with Crippen LogP contribution in [0.3, 0.4) is 0 Å². The maximum atomic E-state index is 13.6. The maximum absolute atomic E-state index is 13.6. The lowest BCUT2D eigenvalue weighted by Gasteiger charge is -2.07. The molecule has 0 atom stereocenters. The quantitative estimate of drug-likeness (QED) is 0.188. The van der Waals surface area contributed by atoms with Crippen LogP contribution in [0.15, 0.2) is 69.9 Å². The summed E-state index contributed by atoms with van der Waals surface area (Å²) < 4.78 is 68.7. The minimum atomic E-state index is -0.691. The predicted molar refractivity (Wildman–Crippen MR) is 136 cm³/mol. The average molecular weight is 670 g/mol. The Balaban J connectivity index is 0.000000226. The van der Waals surface area contributed by atoms with Gasteiger partial charge in [0.1, 0.15) is 27.4 Å². The molecule has 0 spiro atoms. The Morgan fingerprint density at radius 1 is 0.692 bits per heavy atom. The van der Waals surface area contributed by atoms with Gasteiger partial charge >= 0.3 is 0 Å². The van der Waals surface area contributed by atoms with Crippen LogP contribution in [0.4, 0.5) is 22.0 Å². The Morgan fingerprint density at radius 3 is 1.64 bits per heavy atom. The van der Waals surface area contributed by atoms with Gasteiger partial charge in [-0.05, 0) is 74.3 Å². The van der Waals surface area contributed by atoms with Crippen LogP contribution in [0.25, 0.3) is 0 Å². The molecule has 0 amide bonds. The van der Waals surface area contributed by atoms with Crippen LogP contribution >= 0.6 is 31.9 Å². The van der Waals surface area contributed by atoms with Crippen LogP contribution in [0.2, 0.25) is 0 Å². The molecule has 2 aromatic carbocycles. The summed E-state index contributed by atoms with van der Waals surface area (Å²) in [4.78, 5) is 6.94. The molecule has 0 radical (unpaired) electrons. The summed E-state index contributed by atoms with van der Waals surface area (Å²) in [5, 5.41) is 25.5. The first-order valence-electron chi connectivity index (χ1n) is 10.5. The van der Waals surface area contributed by atoms with Gasteiger partial charge in [0.05, 0.1) is 29.9 Å². The Kier molecular flexibility index (Phi) is 12.4. The van der Waals surface area contributed by atoms with E-state index in [4.69, 9.17) is 20.4 Å². The van der Waals surface area contributed by atoms with Crippen LogP contribution in [0.1, 0.15) is 22.3 Å². The molecule has 13 heteroatoms. The molecule has 4 rings (SSSR count). The molecule has 1 N–H and O–H groups in total. The van der Waals surface area contributed by atoms with Gasteiger partial charge in [0, 0.05) is 17.2 Å². The van der Waals surface area contributed by atoms with Crippen molar-refractivity contribution in [2.75, 3.05) is 0 Å². The predicted octanol–water partition coefficient (Wildman–Crippen LogP) is 6.88. The highest BCUT2D eigenvalue weighted by molar-refractivity contribution is 9.10. The summed E-state index contributed by atoms with van der Waals surface area (Å²) in [6, 6.07) is 16.2. The average Bonchev–Trinajstić information content (AvgIpc) is 2.92. The van der Waals surface area contributed by atoms with Crippen molar-refractivity contribution in [2.45, 2.75) is 13.2 Å². The molecule has 0 saturated carbocycles. The summed E-state index contributed by atoms with van der Waals surface area (Å²) in [7, 11) is 0. The second-order valence-electron chi connectivity index (χ2n) is 7.11. The molecule has 2 aromatic heterocycles. The summed E-state index contributed by atoms with van der Waals surface area (Å²) in [5.41, 5.74) is 1.01. The van der Waals surface area contributed by atoms with Gasteiger partial charge in [-0.2, -0.15) is 14.9 Å². The first-order chi connectivity index (χ1) is 18.6. The summed E-state index contributed by atoms with van der Waals surface area (Å²) in [6.45, 7) is -0.389. The number of aromatic nitrogens is 2. The highest BCUT2D eigenvalue weighted by atomic mass is 79.9. The topological polar surface area (TPSA) is 103 Å². The van der Waals surface area contributed by atoms with Gasteiger partial charge in [0.15, 0.2) is 11.6 Å². The Bertz CT molecular complexity index is 1530. The number of nitriles is 2. The van der Waals surface area contributed by atoms with Crippen molar-refractivity contribution in [3.63, 3.8) is 0 Å². The van der Waals surface area contributed by atoms with E-state index in [1.807, 2.05) is 6.07 Å². The fraction of sp³-hybridized carbons (Fsp3) is 0.0769. The minimum absolute atomic E-state index is 0.0327. The maximum Gasteiger partial charge on any atom is 0.214 e. The standard InChI is InChI=1S/C13H7BrF2N2O.C8H6FNO.C5H2BrF2N/c14-13-10(15)3-4-12(18-13)19-7-9-2-1-8(6-17)5-11(9)16;9-8-3-6(4-10)1-2-7(8)5-11;6-5-3(7)1-2-4(8)9-5/h1-5H,7H2;1-3,11H,5H2;1-2H. The van der Waals surface area contributed by atoms with Crippen LogP contribution in [0.5, 0.6) is 5.88 Å². The third kappa shape index (κ3) is 10.1. The van der Waals surface area contributed by atoms with Gasteiger partial charge in [-0.3, -0.25) is 0 Å². The SMILES string of the molecule is Fc1ccc(F)c(Br)n1.N#Cc1ccc(CO)c(F)c1.N#Cc1ccc(COc2ccc(F)c(Br)n2)c(F)c1. The van der Waals surface area contributed by atoms with Gasteiger partial charge < -0.3 is 9.84 Å². The fourth-order valence-electron chi connectivity index (χ4n) is 2.51. The molecule has 0 aliphatic carbocycles. The zero-order chi connectivity index (χ0) is 28.9. The third-order valence-electron chi connectivity index (χ3n) is 4.46. The van der Waals surface area contributed by atoms with E-state index in [0.29, 0.717) is 5.56 Å². The number of hydrogen-bond donors (Lipinski definition) is 1. The molecular weight excluding hydrogens is 655 g/mol. The van der Waals surface area contributed by atoms with E-state index in [1.54, 1.807) is 6.07 Å². The first-order valence-corrected chi connectivity index (χ1v) is 12.1. The van der Waals surface area contributed by atoms with Gasteiger partial charge in [0.25, 0.3) is 0 Å². The largest absolute Gasteiger partial charge is 0.473 e. The first kappa shape index (κ1) is 31.3. The Hall–Kier alpha value is -3.91. The molecule has 0 saturated heterocycles. The molecule has 0 bridgehead atoms. The van der Waals surface area contributed by atoms with E-state index in [1.165, 1.54) is 36.4 Å². The van der Waals surface area contributed by atoms with Crippen molar-refractivity contribution < 1.29 is 31.8 Å². The second kappa shape index (κ2) is 15.5. The van der Waals surface area contributed by atoms with Gasteiger partial charge in [-0.25, -0.2) is 27.5 Å². The molecule has 0 aliphatic heterocycles. The van der Waals surface area contributed by atoms with Crippen LogP contribution in [0, 0.1) is 51.9 Å². The van der Waals surface area contributed by atoms with Crippen LogP contribution in [-0.2, 0) is 13.2 Å². The molecule has 2 heterocycles. The number of aliphatic hydroxyl groups is 1. The number of nitrogens with zero attached hydrogens (tertiary/aromatic N) is 4. The van der Waals surface area contributed by atoms with Gasteiger partial charge in [0.2, 0.25) is 11.8 Å². The summed E-state index contributed by atoms with van der Waals surface area (Å²) in [6.07, 6.45) is 0. The van der Waals surface area contributed by atoms with Crippen LogP contribution < -0.4 is 4.74 Å². The van der Waals surface area contributed by atoms with E-state index in [-0.39, 0.29) is 45.0 Å². The number of rotatable bonds is 4. The summed E-state index contributed by atoms with van der Waals surface area (Å²) in [5.74, 6) is -2.64. The number of ether oxygens (including phenoxy) is 1. The van der Waals surface area contributed by atoms with E-state index in [2.05, 4.69) is 41.8 Å². The molecule has 0 unspecified atom stereocenters. The van der Waals surface area contributed by atoms with Crippen LogP contribution in [-0.4, -0.2) is 15.1 Å². The zero-order valence-electron chi connectivity index (χ0n) is 19.5. The normalized spacial score (nSPS) is 9.69. The molecule has 200 valence electrons. The van der Waals surface area contributed by atoms with Crippen molar-refractivity contribution in [3.8, 4) is 18.0 Å². The monoisotopic (exact) mass is 668 g/mol. The molecule has 0 aliphatic rings. The number of aliphatic hydroxyl groups excluding tert-OH is 1. The van der Waals surface area contributed by atoms with E-state index < -0.39 is 29.2 Å². The number of halogens is 7. The van der Waals surface area contributed by atoms with E-state index >= 15 is 0 Å². The van der Waals surface area contributed by atoms with Gasteiger partial charge in [-0.15, -0.1) is 0 Å². The summed E-state index contributed by atoms with van der Waals surface area (Å²) >= 11 is 5.65. The fourth-order valence-corrected chi connectivity index (χ4v) is 3.12. The Morgan fingerprint density at radius 2 is 1.21 bits per heavy atom. The number of benzene rings is 2. The van der Waals surface area contributed by atoms with E-state index in [0.717, 1.165) is 24.3 Å². The van der Waals surface area contributed by atoms with E-state index in [9.17, 15) is 22.0 Å². The Labute approximate surface area is 236 Å². The molecule has 6 nitrogen and oxygen atoms in total. The zero-order valence-corrected chi connectivity index (χ0v) is 22.6. The lowest BCUT2D eigenvalue weighted by Crippen LogP contribution is -2.01. The smallest absolute Gasteiger partial charge is 0.214 e. The van der Waals surface area contributed by atoms with Gasteiger partial charge in [-0.1, -0.05) is 12.1 Å². The minimum Gasteiger partial charge on any atom is -0.473 e. The highest BCUT2D eigenvalue weighted by Gasteiger charge is 2.07. The molecule has 0 fully saturated rings. The third-order valence-corrected chi connectivity index (χ3v) is 5.57. The number of pyridine rings is 2. The lowest BCUT2D eigenvalue weighted by molar-refractivity contribution is 0.275. The van der Waals surface area contributed by atoms with Crippen molar-refractivity contribution in [1.82, 2.24) is 9.97 Å².